The molecule has 0 saturated carbocycles. The quantitative estimate of drug-likeness (QED) is 0.797. The third-order valence-corrected chi connectivity index (χ3v) is 5.10. The largest absolute Gasteiger partial charge is 0.342 e. The molecule has 0 spiro atoms. The van der Waals surface area contributed by atoms with Crippen LogP contribution in [-0.2, 0) is 9.59 Å². The van der Waals surface area contributed by atoms with Gasteiger partial charge in [-0.2, -0.15) is 0 Å². The molecule has 2 heterocycles. The number of hydrogen-bond donors (Lipinski definition) is 0. The Morgan fingerprint density at radius 1 is 1.25 bits per heavy atom. The van der Waals surface area contributed by atoms with E-state index in [2.05, 4.69) is 0 Å². The number of imide groups is 1. The van der Waals surface area contributed by atoms with Gasteiger partial charge in [-0.3, -0.25) is 19.3 Å². The molecule has 2 fully saturated rings. The van der Waals surface area contributed by atoms with Crippen molar-refractivity contribution >= 4 is 28.8 Å². The summed E-state index contributed by atoms with van der Waals surface area (Å²) in [5.74, 6) is 0.523. The van der Waals surface area contributed by atoms with E-state index < -0.39 is 0 Å². The summed E-state index contributed by atoms with van der Waals surface area (Å²) in [5, 5.41) is -0.125. The lowest BCUT2D eigenvalue weighted by Crippen LogP contribution is -2.49. The van der Waals surface area contributed by atoms with E-state index in [1.165, 1.54) is 4.90 Å². The van der Waals surface area contributed by atoms with Gasteiger partial charge in [0, 0.05) is 25.0 Å². The van der Waals surface area contributed by atoms with Crippen molar-refractivity contribution in [3.8, 4) is 0 Å². The number of nitrogens with zero attached hydrogens (tertiary/aromatic N) is 2. The van der Waals surface area contributed by atoms with Gasteiger partial charge in [-0.1, -0.05) is 25.6 Å². The number of piperidine rings is 1. The highest BCUT2D eigenvalue weighted by atomic mass is 32.2. The van der Waals surface area contributed by atoms with Crippen LogP contribution < -0.4 is 0 Å². The zero-order valence-electron chi connectivity index (χ0n) is 12.1. The van der Waals surface area contributed by atoms with Crippen molar-refractivity contribution in [3.63, 3.8) is 0 Å². The lowest BCUT2D eigenvalue weighted by molar-refractivity contribution is -0.137. The van der Waals surface area contributed by atoms with Crippen molar-refractivity contribution in [2.45, 2.75) is 45.6 Å². The van der Waals surface area contributed by atoms with Gasteiger partial charge in [0.2, 0.25) is 11.8 Å². The molecule has 2 saturated heterocycles. The van der Waals surface area contributed by atoms with Crippen LogP contribution in [-0.4, -0.2) is 51.7 Å². The van der Waals surface area contributed by atoms with Gasteiger partial charge in [-0.25, -0.2) is 0 Å². The Balaban J connectivity index is 1.91. The monoisotopic (exact) mass is 298 g/mol. The topological polar surface area (TPSA) is 57.7 Å². The molecule has 0 aromatic heterocycles. The second kappa shape index (κ2) is 6.61. The standard InChI is InChI=1S/C14H22N2O3S/c1-3-10(4-2)13(18)15-7-5-11(6-8-15)16-12(17)9-20-14(16)19/h10-11H,3-9H2,1-2H3. The molecule has 0 N–H and O–H groups in total. The van der Waals surface area contributed by atoms with Crippen molar-refractivity contribution in [1.29, 1.82) is 0 Å². The highest BCUT2D eigenvalue weighted by Gasteiger charge is 2.38. The van der Waals surface area contributed by atoms with Gasteiger partial charge >= 0.3 is 0 Å². The van der Waals surface area contributed by atoms with Crippen LogP contribution in [0.5, 0.6) is 0 Å². The smallest absolute Gasteiger partial charge is 0.289 e. The summed E-state index contributed by atoms with van der Waals surface area (Å²) >= 11 is 1.08. The van der Waals surface area contributed by atoms with E-state index in [1.54, 1.807) is 0 Å². The van der Waals surface area contributed by atoms with E-state index in [-0.39, 0.29) is 34.8 Å². The number of hydrogen-bond acceptors (Lipinski definition) is 4. The van der Waals surface area contributed by atoms with Crippen LogP contribution in [0.3, 0.4) is 0 Å². The SMILES string of the molecule is CCC(CC)C(=O)N1CCC(N2C(=O)CSC2=O)CC1. The minimum absolute atomic E-state index is 0.0178. The second-order valence-electron chi connectivity index (χ2n) is 5.39. The Kier molecular flexibility index (Phi) is 5.07. The Morgan fingerprint density at radius 3 is 2.30 bits per heavy atom. The summed E-state index contributed by atoms with van der Waals surface area (Å²) in [6.07, 6.45) is 3.16. The molecule has 20 heavy (non-hydrogen) atoms. The molecular weight excluding hydrogens is 276 g/mol. The van der Waals surface area contributed by atoms with Crippen LogP contribution in [0.1, 0.15) is 39.5 Å². The summed E-state index contributed by atoms with van der Waals surface area (Å²) in [5.41, 5.74) is 0. The lowest BCUT2D eigenvalue weighted by Gasteiger charge is -2.36. The molecule has 6 heteroatoms. The van der Waals surface area contributed by atoms with Crippen molar-refractivity contribution in [3.05, 3.63) is 0 Å². The third kappa shape index (κ3) is 3.00. The molecule has 3 amide bonds. The highest BCUT2D eigenvalue weighted by molar-refractivity contribution is 8.14. The molecule has 0 aliphatic carbocycles. The first-order valence-corrected chi connectivity index (χ1v) is 8.34. The lowest BCUT2D eigenvalue weighted by atomic mass is 9.98. The summed E-state index contributed by atoms with van der Waals surface area (Å²) < 4.78 is 0. The average Bonchev–Trinajstić information content (AvgIpc) is 2.79. The maximum absolute atomic E-state index is 12.3. The Bertz CT molecular complexity index is 385. The predicted octanol–water partition coefficient (Wildman–Crippen LogP) is 2.11. The van der Waals surface area contributed by atoms with Crippen LogP contribution in [0.15, 0.2) is 0 Å². The Morgan fingerprint density at radius 2 is 1.85 bits per heavy atom. The number of carbonyl (C=O) groups is 3. The van der Waals surface area contributed by atoms with E-state index in [4.69, 9.17) is 0 Å². The van der Waals surface area contributed by atoms with Gasteiger partial charge < -0.3 is 4.90 Å². The van der Waals surface area contributed by atoms with E-state index in [0.29, 0.717) is 25.9 Å². The van der Waals surface area contributed by atoms with Gasteiger partial charge in [0.15, 0.2) is 0 Å². The minimum Gasteiger partial charge on any atom is -0.342 e. The molecule has 2 aliphatic rings. The number of amides is 3. The highest BCUT2D eigenvalue weighted by Crippen LogP contribution is 2.27. The van der Waals surface area contributed by atoms with Crippen LogP contribution in [0, 0.1) is 5.92 Å². The van der Waals surface area contributed by atoms with Crippen molar-refractivity contribution in [2.75, 3.05) is 18.8 Å². The molecule has 0 atom stereocenters. The minimum atomic E-state index is -0.125. The number of likely N-dealkylation sites (tertiary alicyclic amines) is 1. The van der Waals surface area contributed by atoms with E-state index >= 15 is 0 Å². The summed E-state index contributed by atoms with van der Waals surface area (Å²) in [6, 6.07) is -0.0178. The molecule has 2 aliphatic heterocycles. The van der Waals surface area contributed by atoms with Crippen molar-refractivity contribution in [1.82, 2.24) is 9.80 Å². The second-order valence-corrected chi connectivity index (χ2v) is 6.31. The van der Waals surface area contributed by atoms with Crippen molar-refractivity contribution in [2.24, 2.45) is 5.92 Å². The molecule has 0 radical (unpaired) electrons. The molecule has 0 aromatic rings. The summed E-state index contributed by atoms with van der Waals surface area (Å²) in [4.78, 5) is 39.0. The molecule has 0 aromatic carbocycles. The van der Waals surface area contributed by atoms with Crippen molar-refractivity contribution < 1.29 is 14.4 Å². The first-order valence-electron chi connectivity index (χ1n) is 7.36. The molecule has 112 valence electrons. The Hall–Kier alpha value is -1.04. The third-order valence-electron chi connectivity index (χ3n) is 4.26. The Labute approximate surface area is 124 Å². The average molecular weight is 298 g/mol. The first kappa shape index (κ1) is 15.4. The van der Waals surface area contributed by atoms with Gasteiger partial charge in [0.05, 0.1) is 5.75 Å². The predicted molar refractivity (Wildman–Crippen MR) is 78.4 cm³/mol. The zero-order valence-corrected chi connectivity index (χ0v) is 12.9. The van der Waals surface area contributed by atoms with Crippen LogP contribution in [0.25, 0.3) is 0 Å². The van der Waals surface area contributed by atoms with E-state index in [1.807, 2.05) is 18.7 Å². The van der Waals surface area contributed by atoms with E-state index in [9.17, 15) is 14.4 Å². The molecule has 0 unspecified atom stereocenters. The van der Waals surface area contributed by atoms with Gasteiger partial charge in [0.1, 0.15) is 0 Å². The number of thioether (sulfide) groups is 1. The fourth-order valence-electron chi connectivity index (χ4n) is 2.96. The van der Waals surface area contributed by atoms with Crippen LogP contribution in [0.2, 0.25) is 0 Å². The van der Waals surface area contributed by atoms with Gasteiger partial charge in [-0.15, -0.1) is 0 Å². The number of rotatable bonds is 4. The molecule has 2 rings (SSSR count). The number of carbonyl (C=O) groups excluding carboxylic acids is 3. The molecule has 5 nitrogen and oxygen atoms in total. The maximum atomic E-state index is 12.3. The summed E-state index contributed by atoms with van der Waals surface area (Å²) in [7, 11) is 0. The van der Waals surface area contributed by atoms with E-state index in [0.717, 1.165) is 24.6 Å². The summed E-state index contributed by atoms with van der Waals surface area (Å²) in [6.45, 7) is 5.39. The van der Waals surface area contributed by atoms with Gasteiger partial charge in [-0.05, 0) is 25.7 Å². The van der Waals surface area contributed by atoms with Crippen LogP contribution in [0.4, 0.5) is 4.79 Å². The zero-order chi connectivity index (χ0) is 14.7. The van der Waals surface area contributed by atoms with Gasteiger partial charge in [0.25, 0.3) is 5.24 Å². The first-order chi connectivity index (χ1) is 9.58. The normalized spacial score (nSPS) is 21.1. The fourth-order valence-corrected chi connectivity index (χ4v) is 3.73. The molecule has 0 bridgehead atoms. The molecular formula is C14H22N2O3S. The maximum Gasteiger partial charge on any atom is 0.289 e. The fraction of sp³-hybridized carbons (Fsp3) is 0.786. The van der Waals surface area contributed by atoms with Crippen LogP contribution >= 0.6 is 11.8 Å².